The number of rotatable bonds is 3. The summed E-state index contributed by atoms with van der Waals surface area (Å²) in [6.45, 7) is 0. The molecule has 2 aromatic carbocycles. The van der Waals surface area contributed by atoms with Gasteiger partial charge < -0.3 is 5.11 Å². The molecule has 0 aromatic heterocycles. The number of nitrogens with zero attached hydrogens (tertiary/aromatic N) is 1. The van der Waals surface area contributed by atoms with Crippen LogP contribution in [0.3, 0.4) is 0 Å². The highest BCUT2D eigenvalue weighted by atomic mass is 35.5. The molecule has 0 saturated heterocycles. The van der Waals surface area contributed by atoms with Gasteiger partial charge in [0.15, 0.2) is 0 Å². The second kappa shape index (κ2) is 5.54. The second-order valence-corrected chi connectivity index (χ2v) is 4.11. The summed E-state index contributed by atoms with van der Waals surface area (Å²) >= 11 is 5.96. The summed E-state index contributed by atoms with van der Waals surface area (Å²) in [4.78, 5) is 23.3. The molecule has 0 fully saturated rings. The first-order valence-corrected chi connectivity index (χ1v) is 5.82. The monoisotopic (exact) mass is 275 g/mol. The zero-order chi connectivity index (χ0) is 13.8. The van der Waals surface area contributed by atoms with E-state index in [0.29, 0.717) is 5.69 Å². The van der Waals surface area contributed by atoms with E-state index in [0.717, 1.165) is 4.42 Å². The third kappa shape index (κ3) is 2.74. The number of benzene rings is 2. The number of para-hydroxylation sites is 1. The van der Waals surface area contributed by atoms with Gasteiger partial charge in [-0.1, -0.05) is 30.3 Å². The average molecular weight is 276 g/mol. The molecule has 1 N–H and O–H groups in total. The van der Waals surface area contributed by atoms with Crippen LogP contribution in [0.15, 0.2) is 54.6 Å². The number of amides is 1. The Kier molecular flexibility index (Phi) is 3.82. The van der Waals surface area contributed by atoms with Crippen molar-refractivity contribution in [3.05, 3.63) is 65.7 Å². The summed E-state index contributed by atoms with van der Waals surface area (Å²) in [5.74, 6) is -1.74. The number of hydrogen-bond donors (Lipinski definition) is 1. The Balaban J connectivity index is 2.38. The Hall–Kier alpha value is -2.33. The fraction of sp³-hybridized carbons (Fsp3) is 0. The minimum Gasteiger partial charge on any atom is -0.478 e. The Morgan fingerprint density at radius 1 is 0.895 bits per heavy atom. The fourth-order valence-electron chi connectivity index (χ4n) is 1.64. The SMILES string of the molecule is O=C(O)c1ccccc1C(=O)N(Cl)c1ccccc1. The number of carboxylic acid groups (broad SMARTS) is 1. The molecule has 1 amide bonds. The van der Waals surface area contributed by atoms with Gasteiger partial charge in [0.05, 0.1) is 16.8 Å². The molecule has 0 unspecified atom stereocenters. The standard InChI is InChI=1S/C14H10ClNO3/c15-16(10-6-2-1-3-7-10)13(17)11-8-4-5-9-12(11)14(18)19/h1-9H,(H,18,19). The van der Waals surface area contributed by atoms with Gasteiger partial charge in [0.25, 0.3) is 5.91 Å². The van der Waals surface area contributed by atoms with Crippen LogP contribution in [0.4, 0.5) is 5.69 Å². The van der Waals surface area contributed by atoms with Crippen molar-refractivity contribution < 1.29 is 14.7 Å². The van der Waals surface area contributed by atoms with Crippen molar-refractivity contribution in [2.75, 3.05) is 4.42 Å². The maximum Gasteiger partial charge on any atom is 0.336 e. The third-order valence-electron chi connectivity index (χ3n) is 2.55. The number of halogens is 1. The van der Waals surface area contributed by atoms with Crippen molar-refractivity contribution in [2.45, 2.75) is 0 Å². The average Bonchev–Trinajstić information content (AvgIpc) is 2.46. The highest BCUT2D eigenvalue weighted by molar-refractivity contribution is 6.39. The zero-order valence-corrected chi connectivity index (χ0v) is 10.5. The van der Waals surface area contributed by atoms with Crippen molar-refractivity contribution in [1.29, 1.82) is 0 Å². The van der Waals surface area contributed by atoms with Crippen molar-refractivity contribution in [1.82, 2.24) is 0 Å². The summed E-state index contributed by atoms with van der Waals surface area (Å²) in [5.41, 5.74) is 0.456. The van der Waals surface area contributed by atoms with Gasteiger partial charge in [-0.3, -0.25) is 4.79 Å². The molecule has 2 aromatic rings. The number of aromatic carboxylic acids is 1. The predicted octanol–water partition coefficient (Wildman–Crippen LogP) is 3.19. The molecule has 0 aliphatic carbocycles. The summed E-state index contributed by atoms with van der Waals surface area (Å²) in [7, 11) is 0. The Bertz CT molecular complexity index is 613. The lowest BCUT2D eigenvalue weighted by Crippen LogP contribution is -2.23. The van der Waals surface area contributed by atoms with Crippen molar-refractivity contribution in [3.63, 3.8) is 0 Å². The van der Waals surface area contributed by atoms with E-state index in [1.807, 2.05) is 0 Å². The van der Waals surface area contributed by atoms with Crippen LogP contribution in [-0.2, 0) is 0 Å². The quantitative estimate of drug-likeness (QED) is 0.875. The van der Waals surface area contributed by atoms with Gasteiger partial charge >= 0.3 is 5.97 Å². The number of carbonyl (C=O) groups excluding carboxylic acids is 1. The normalized spacial score (nSPS) is 9.95. The third-order valence-corrected chi connectivity index (χ3v) is 2.90. The van der Waals surface area contributed by atoms with Gasteiger partial charge in [-0.25, -0.2) is 9.21 Å². The molecular weight excluding hydrogens is 266 g/mol. The Labute approximate surface area is 115 Å². The van der Waals surface area contributed by atoms with E-state index in [-0.39, 0.29) is 11.1 Å². The first-order chi connectivity index (χ1) is 9.11. The molecule has 0 radical (unpaired) electrons. The molecule has 0 heterocycles. The molecule has 0 saturated carbocycles. The molecule has 96 valence electrons. The van der Waals surface area contributed by atoms with Crippen LogP contribution in [0.25, 0.3) is 0 Å². The molecule has 0 bridgehead atoms. The van der Waals surface area contributed by atoms with Crippen molar-refractivity contribution in [2.24, 2.45) is 0 Å². The van der Waals surface area contributed by atoms with Crippen molar-refractivity contribution >= 4 is 29.3 Å². The first-order valence-electron chi connectivity index (χ1n) is 5.49. The van der Waals surface area contributed by atoms with Crippen molar-refractivity contribution in [3.8, 4) is 0 Å². The molecule has 5 heteroatoms. The summed E-state index contributed by atoms with van der Waals surface area (Å²) in [6, 6.07) is 14.5. The van der Waals surface area contributed by atoms with Gasteiger partial charge in [0.2, 0.25) is 0 Å². The number of carbonyl (C=O) groups is 2. The predicted molar refractivity (Wildman–Crippen MR) is 72.5 cm³/mol. The molecule has 19 heavy (non-hydrogen) atoms. The molecule has 0 aliphatic heterocycles. The van der Waals surface area contributed by atoms with E-state index >= 15 is 0 Å². The number of hydrogen-bond acceptors (Lipinski definition) is 2. The summed E-state index contributed by atoms with van der Waals surface area (Å²) in [5, 5.41) is 9.05. The van der Waals surface area contributed by atoms with Crippen LogP contribution < -0.4 is 4.42 Å². The van der Waals surface area contributed by atoms with E-state index in [4.69, 9.17) is 16.9 Å². The molecule has 0 spiro atoms. The van der Waals surface area contributed by atoms with Gasteiger partial charge in [-0.15, -0.1) is 0 Å². The van der Waals surface area contributed by atoms with Crippen LogP contribution in [0.1, 0.15) is 20.7 Å². The van der Waals surface area contributed by atoms with Crippen LogP contribution in [0.2, 0.25) is 0 Å². The molecule has 4 nitrogen and oxygen atoms in total. The molecular formula is C14H10ClNO3. The number of carboxylic acids is 1. The topological polar surface area (TPSA) is 57.6 Å². The van der Waals surface area contributed by atoms with Crippen LogP contribution in [0.5, 0.6) is 0 Å². The van der Waals surface area contributed by atoms with E-state index in [9.17, 15) is 9.59 Å². The molecule has 2 rings (SSSR count). The summed E-state index contributed by atoms with van der Waals surface area (Å²) in [6.07, 6.45) is 0. The minimum atomic E-state index is -1.16. The van der Waals surface area contributed by atoms with Gasteiger partial charge in [0.1, 0.15) is 0 Å². The maximum atomic E-state index is 12.2. The summed E-state index contributed by atoms with van der Waals surface area (Å²) < 4.78 is 0.905. The Morgan fingerprint density at radius 3 is 2.00 bits per heavy atom. The second-order valence-electron chi connectivity index (χ2n) is 3.77. The van der Waals surface area contributed by atoms with E-state index in [1.54, 1.807) is 42.5 Å². The largest absolute Gasteiger partial charge is 0.478 e. The lowest BCUT2D eigenvalue weighted by molar-refractivity contribution is 0.0692. The minimum absolute atomic E-state index is 0.0499. The van der Waals surface area contributed by atoms with Gasteiger partial charge in [0, 0.05) is 11.8 Å². The lowest BCUT2D eigenvalue weighted by atomic mass is 10.1. The first kappa shape index (κ1) is 13.1. The Morgan fingerprint density at radius 2 is 1.42 bits per heavy atom. The maximum absolute atomic E-state index is 12.2. The van der Waals surface area contributed by atoms with E-state index in [2.05, 4.69) is 0 Å². The van der Waals surface area contributed by atoms with Crippen LogP contribution in [-0.4, -0.2) is 17.0 Å². The highest BCUT2D eigenvalue weighted by Gasteiger charge is 2.21. The van der Waals surface area contributed by atoms with E-state index in [1.165, 1.54) is 12.1 Å². The van der Waals surface area contributed by atoms with Crippen LogP contribution in [0, 0.1) is 0 Å². The molecule has 0 aliphatic rings. The lowest BCUT2D eigenvalue weighted by Gasteiger charge is -2.14. The highest BCUT2D eigenvalue weighted by Crippen LogP contribution is 2.20. The zero-order valence-electron chi connectivity index (χ0n) is 9.79. The van der Waals surface area contributed by atoms with Gasteiger partial charge in [-0.05, 0) is 24.3 Å². The van der Waals surface area contributed by atoms with Crippen LogP contribution >= 0.6 is 11.8 Å². The number of anilines is 1. The van der Waals surface area contributed by atoms with E-state index < -0.39 is 11.9 Å². The van der Waals surface area contributed by atoms with Gasteiger partial charge in [-0.2, -0.15) is 0 Å². The fourth-order valence-corrected chi connectivity index (χ4v) is 1.84. The molecule has 0 atom stereocenters. The smallest absolute Gasteiger partial charge is 0.336 e.